The van der Waals surface area contributed by atoms with Gasteiger partial charge in [-0.3, -0.25) is 0 Å². The molecule has 1 aromatic heterocycles. The predicted molar refractivity (Wildman–Crippen MR) is 77.0 cm³/mol. The van der Waals surface area contributed by atoms with Crippen molar-refractivity contribution in [2.24, 2.45) is 11.8 Å². The molecule has 2 aliphatic rings. The third kappa shape index (κ3) is 1.83. The minimum Gasteiger partial charge on any atom is -0.303 e. The lowest BCUT2D eigenvalue weighted by molar-refractivity contribution is 0.272. The van der Waals surface area contributed by atoms with Gasteiger partial charge in [0.15, 0.2) is 0 Å². The molecule has 3 rings (SSSR count). The zero-order valence-electron chi connectivity index (χ0n) is 11.9. The van der Waals surface area contributed by atoms with Gasteiger partial charge in [-0.05, 0) is 58.3 Å². The van der Waals surface area contributed by atoms with Crippen LogP contribution in [0.4, 0.5) is 0 Å². The van der Waals surface area contributed by atoms with E-state index in [0.29, 0.717) is 6.04 Å². The Labute approximate surface area is 114 Å². The summed E-state index contributed by atoms with van der Waals surface area (Å²) in [6.45, 7) is 8.96. The van der Waals surface area contributed by atoms with Crippen molar-refractivity contribution in [3.8, 4) is 0 Å². The minimum absolute atomic E-state index is 0.210. The van der Waals surface area contributed by atoms with Crippen LogP contribution < -0.4 is 5.32 Å². The number of rotatable bonds is 4. The quantitative estimate of drug-likeness (QED) is 0.898. The third-order valence-electron chi connectivity index (χ3n) is 4.62. The summed E-state index contributed by atoms with van der Waals surface area (Å²) < 4.78 is 0. The molecule has 2 fully saturated rings. The predicted octanol–water partition coefficient (Wildman–Crippen LogP) is 3.64. The number of fused-ring (bicyclic) bond motifs is 1. The number of hydrogen-bond acceptors (Lipinski definition) is 3. The van der Waals surface area contributed by atoms with Gasteiger partial charge in [0.25, 0.3) is 0 Å². The van der Waals surface area contributed by atoms with E-state index in [-0.39, 0.29) is 5.54 Å². The molecule has 1 heterocycles. The molecule has 0 bridgehead atoms. The van der Waals surface area contributed by atoms with Gasteiger partial charge in [-0.25, -0.2) is 4.98 Å². The van der Waals surface area contributed by atoms with Gasteiger partial charge in [-0.1, -0.05) is 6.92 Å². The summed E-state index contributed by atoms with van der Waals surface area (Å²) in [5, 5.41) is 5.25. The Morgan fingerprint density at radius 2 is 2.28 bits per heavy atom. The van der Waals surface area contributed by atoms with Crippen LogP contribution in [0.1, 0.15) is 55.6 Å². The fourth-order valence-electron chi connectivity index (χ4n) is 3.74. The lowest BCUT2D eigenvalue weighted by Crippen LogP contribution is -2.46. The Bertz CT molecular complexity index is 451. The Balaban J connectivity index is 1.97. The number of nitrogens with one attached hydrogen (secondary N) is 1. The monoisotopic (exact) mass is 264 g/mol. The van der Waals surface area contributed by atoms with E-state index in [0.717, 1.165) is 18.3 Å². The van der Waals surface area contributed by atoms with Crippen LogP contribution in [-0.4, -0.2) is 11.0 Å². The molecule has 0 aromatic carbocycles. The molecule has 3 atom stereocenters. The first kappa shape index (κ1) is 12.6. The van der Waals surface area contributed by atoms with E-state index in [1.807, 2.05) is 11.3 Å². The number of aryl methyl sites for hydroxylation is 2. The van der Waals surface area contributed by atoms with Gasteiger partial charge < -0.3 is 5.32 Å². The van der Waals surface area contributed by atoms with Crippen LogP contribution in [0.25, 0.3) is 0 Å². The molecule has 100 valence electrons. The molecule has 0 amide bonds. The minimum atomic E-state index is 0.210. The first-order valence-corrected chi connectivity index (χ1v) is 8.13. The van der Waals surface area contributed by atoms with Crippen molar-refractivity contribution in [1.29, 1.82) is 0 Å². The van der Waals surface area contributed by atoms with Crippen molar-refractivity contribution in [2.75, 3.05) is 0 Å². The van der Waals surface area contributed by atoms with Crippen molar-refractivity contribution in [1.82, 2.24) is 10.3 Å². The van der Waals surface area contributed by atoms with Gasteiger partial charge in [0.1, 0.15) is 5.01 Å². The van der Waals surface area contributed by atoms with Gasteiger partial charge >= 0.3 is 0 Å². The summed E-state index contributed by atoms with van der Waals surface area (Å²) in [4.78, 5) is 6.39. The summed E-state index contributed by atoms with van der Waals surface area (Å²) in [7, 11) is 0. The van der Waals surface area contributed by atoms with E-state index in [1.165, 1.54) is 34.8 Å². The Morgan fingerprint density at radius 1 is 1.50 bits per heavy atom. The van der Waals surface area contributed by atoms with Crippen LogP contribution in [0.3, 0.4) is 0 Å². The zero-order chi connectivity index (χ0) is 12.9. The Kier molecular flexibility index (Phi) is 3.02. The molecule has 1 N–H and O–H groups in total. The normalized spacial score (nSPS) is 34.1. The molecule has 0 aliphatic heterocycles. The Morgan fingerprint density at radius 3 is 2.72 bits per heavy atom. The van der Waals surface area contributed by atoms with E-state index in [4.69, 9.17) is 4.98 Å². The highest BCUT2D eigenvalue weighted by Crippen LogP contribution is 2.62. The second-order valence-electron chi connectivity index (χ2n) is 6.29. The largest absolute Gasteiger partial charge is 0.303 e. The Hall–Kier alpha value is -0.410. The van der Waals surface area contributed by atoms with Crippen molar-refractivity contribution < 1.29 is 0 Å². The number of aromatic nitrogens is 1. The fourth-order valence-corrected chi connectivity index (χ4v) is 4.99. The second kappa shape index (κ2) is 4.31. The number of thiazole rings is 1. The van der Waals surface area contributed by atoms with E-state index in [1.54, 1.807) is 0 Å². The molecule has 18 heavy (non-hydrogen) atoms. The van der Waals surface area contributed by atoms with Crippen molar-refractivity contribution >= 4 is 11.3 Å². The van der Waals surface area contributed by atoms with Gasteiger partial charge in [0.05, 0.1) is 11.2 Å². The van der Waals surface area contributed by atoms with Crippen LogP contribution in [0, 0.1) is 18.8 Å². The van der Waals surface area contributed by atoms with E-state index in [2.05, 4.69) is 33.0 Å². The molecule has 0 spiro atoms. The maximum absolute atomic E-state index is 4.97. The van der Waals surface area contributed by atoms with Crippen LogP contribution in [0.15, 0.2) is 0 Å². The SMILES string of the molecule is CCc1nc(C2(NC(C)C)CCC3CC32)sc1C. The average Bonchev–Trinajstić information content (AvgIpc) is 2.89. The summed E-state index contributed by atoms with van der Waals surface area (Å²) in [5.74, 6) is 1.83. The van der Waals surface area contributed by atoms with Gasteiger partial charge in [0, 0.05) is 10.9 Å². The molecule has 0 radical (unpaired) electrons. The topological polar surface area (TPSA) is 24.9 Å². The zero-order valence-corrected chi connectivity index (χ0v) is 12.7. The fraction of sp³-hybridized carbons (Fsp3) is 0.800. The molecule has 2 aliphatic carbocycles. The summed E-state index contributed by atoms with van der Waals surface area (Å²) in [6.07, 6.45) is 5.16. The highest BCUT2D eigenvalue weighted by Gasteiger charge is 2.60. The van der Waals surface area contributed by atoms with E-state index in [9.17, 15) is 0 Å². The van der Waals surface area contributed by atoms with Crippen LogP contribution in [-0.2, 0) is 12.0 Å². The average molecular weight is 264 g/mol. The maximum Gasteiger partial charge on any atom is 0.114 e. The van der Waals surface area contributed by atoms with Crippen LogP contribution >= 0.6 is 11.3 Å². The first-order valence-electron chi connectivity index (χ1n) is 7.31. The molecular formula is C15H24N2S. The van der Waals surface area contributed by atoms with Crippen molar-refractivity contribution in [2.45, 2.75) is 65.0 Å². The van der Waals surface area contributed by atoms with Gasteiger partial charge in [0.2, 0.25) is 0 Å². The smallest absolute Gasteiger partial charge is 0.114 e. The maximum atomic E-state index is 4.97. The lowest BCUT2D eigenvalue weighted by Gasteiger charge is -2.33. The summed E-state index contributed by atoms with van der Waals surface area (Å²) in [6, 6.07) is 0.540. The highest BCUT2D eigenvalue weighted by atomic mass is 32.1. The summed E-state index contributed by atoms with van der Waals surface area (Å²) in [5.41, 5.74) is 1.52. The second-order valence-corrected chi connectivity index (χ2v) is 7.49. The summed E-state index contributed by atoms with van der Waals surface area (Å²) >= 11 is 1.93. The standard InChI is InChI=1S/C15H24N2S/c1-5-13-10(4)18-14(16-13)15(17-9(2)3)7-6-11-8-12(11)15/h9,11-12,17H,5-8H2,1-4H3. The number of hydrogen-bond donors (Lipinski definition) is 1. The lowest BCUT2D eigenvalue weighted by atomic mass is 9.92. The molecule has 3 heteroatoms. The first-order chi connectivity index (χ1) is 8.56. The third-order valence-corrected chi connectivity index (χ3v) is 5.81. The molecule has 3 unspecified atom stereocenters. The van der Waals surface area contributed by atoms with Crippen molar-refractivity contribution in [3.05, 3.63) is 15.6 Å². The van der Waals surface area contributed by atoms with Gasteiger partial charge in [-0.2, -0.15) is 0 Å². The molecule has 0 saturated heterocycles. The molecular weight excluding hydrogens is 240 g/mol. The van der Waals surface area contributed by atoms with Gasteiger partial charge in [-0.15, -0.1) is 11.3 Å². The van der Waals surface area contributed by atoms with E-state index < -0.39 is 0 Å². The van der Waals surface area contributed by atoms with Crippen LogP contribution in [0.5, 0.6) is 0 Å². The molecule has 2 saturated carbocycles. The molecule has 2 nitrogen and oxygen atoms in total. The van der Waals surface area contributed by atoms with Crippen molar-refractivity contribution in [3.63, 3.8) is 0 Å². The van der Waals surface area contributed by atoms with Crippen LogP contribution in [0.2, 0.25) is 0 Å². The van der Waals surface area contributed by atoms with E-state index >= 15 is 0 Å². The molecule has 1 aromatic rings. The highest BCUT2D eigenvalue weighted by molar-refractivity contribution is 7.11. The number of nitrogens with zero attached hydrogens (tertiary/aromatic N) is 1.